The molecule has 6 N–H and O–H groups in total. The second-order valence-electron chi connectivity index (χ2n) is 32.0. The minimum Gasteiger partial charge on any atom is -0.508 e. The van der Waals surface area contributed by atoms with Gasteiger partial charge in [0, 0.05) is 145 Å². The summed E-state index contributed by atoms with van der Waals surface area (Å²) in [5, 5.41) is 57.3. The number of carboxylic acids is 3. The zero-order valence-corrected chi connectivity index (χ0v) is 69.6. The molecule has 115 heavy (non-hydrogen) atoms. The summed E-state index contributed by atoms with van der Waals surface area (Å²) in [7, 11) is 0. The largest absolute Gasteiger partial charge is 0.508 e. The van der Waals surface area contributed by atoms with Gasteiger partial charge in [-0.25, -0.2) is 4.79 Å². The van der Waals surface area contributed by atoms with Crippen molar-refractivity contribution in [2.45, 2.75) is 181 Å². The summed E-state index contributed by atoms with van der Waals surface area (Å²) < 4.78 is 10.8. The number of phenols is 3. The van der Waals surface area contributed by atoms with Gasteiger partial charge in [-0.3, -0.25) is 53.4 Å². The van der Waals surface area contributed by atoms with Gasteiger partial charge in [0.15, 0.2) is 0 Å². The molecule has 0 bridgehead atoms. The van der Waals surface area contributed by atoms with E-state index in [1.54, 1.807) is 23.1 Å². The number of likely N-dealkylation sites (tertiary alicyclic amines) is 1. The van der Waals surface area contributed by atoms with Crippen molar-refractivity contribution < 1.29 is 68.9 Å². The van der Waals surface area contributed by atoms with Crippen LogP contribution in [0.3, 0.4) is 0 Å². The van der Waals surface area contributed by atoms with Crippen molar-refractivity contribution in [3.63, 3.8) is 0 Å². The number of carboxylic acid groups (broad SMARTS) is 3. The predicted octanol–water partition coefficient (Wildman–Crippen LogP) is 12.1. The fourth-order valence-corrected chi connectivity index (χ4v) is 17.3. The van der Waals surface area contributed by atoms with E-state index in [4.69, 9.17) is 24.8 Å². The van der Waals surface area contributed by atoms with Crippen LogP contribution in [-0.4, -0.2) is 295 Å². The molecule has 6 aromatic rings. The number of carbonyl (C=O) groups excluding carboxylic acids is 3. The summed E-state index contributed by atoms with van der Waals surface area (Å²) in [6.45, 7) is 36.6. The molecule has 5 fully saturated rings. The molecular formula is C91H128N10O14. The summed E-state index contributed by atoms with van der Waals surface area (Å²) in [5.74, 6) is -2.01. The zero-order valence-electron chi connectivity index (χ0n) is 69.6. The number of piperazine rings is 3. The number of benzene rings is 6. The van der Waals surface area contributed by atoms with Crippen molar-refractivity contribution in [3.8, 4) is 17.2 Å². The average molecular weight is 1590 g/mol. The highest BCUT2D eigenvalue weighted by Gasteiger charge is 2.39. The molecule has 11 rings (SSSR count). The Morgan fingerprint density at radius 3 is 1.17 bits per heavy atom. The molecule has 5 aliphatic heterocycles. The van der Waals surface area contributed by atoms with Crippen LogP contribution in [0.2, 0.25) is 0 Å². The van der Waals surface area contributed by atoms with Crippen molar-refractivity contribution in [2.24, 2.45) is 0 Å². The smallest absolute Gasteiger partial charge is 0.329 e. The third kappa shape index (κ3) is 25.6. The van der Waals surface area contributed by atoms with Crippen LogP contribution in [0.25, 0.3) is 0 Å². The Hall–Kier alpha value is -8.82. The molecular weight excluding hydrogens is 1460 g/mol. The lowest BCUT2D eigenvalue weighted by molar-refractivity contribution is -0.142. The molecule has 5 heterocycles. The van der Waals surface area contributed by atoms with Gasteiger partial charge in [-0.15, -0.1) is 0 Å². The molecule has 0 radical (unpaired) electrons. The Labute approximate surface area is 681 Å². The van der Waals surface area contributed by atoms with E-state index in [-0.39, 0.29) is 91.9 Å². The van der Waals surface area contributed by atoms with E-state index in [9.17, 15) is 44.1 Å². The topological polar surface area (TPSA) is 275 Å². The average Bonchev–Trinajstić information content (AvgIpc) is 0.977. The molecule has 5 aliphatic rings. The molecule has 0 aliphatic carbocycles. The number of aromatic hydroxyl groups is 3. The van der Waals surface area contributed by atoms with E-state index >= 15 is 0 Å². The monoisotopic (exact) mass is 1580 g/mol. The number of aliphatic carboxylic acids is 3. The Bertz CT molecular complexity index is 4050. The highest BCUT2D eigenvalue weighted by atomic mass is 16.5. The van der Waals surface area contributed by atoms with E-state index in [0.717, 1.165) is 125 Å². The molecule has 0 saturated carbocycles. The fraction of sp³-hybridized carbons (Fsp3) is 0.538. The van der Waals surface area contributed by atoms with Crippen LogP contribution in [0.1, 0.15) is 203 Å². The van der Waals surface area contributed by atoms with E-state index in [2.05, 4.69) is 139 Å². The van der Waals surface area contributed by atoms with E-state index in [1.807, 2.05) is 102 Å². The number of amides is 3. The second kappa shape index (κ2) is 44.5. The quantitative estimate of drug-likeness (QED) is 0.0221. The number of ether oxygens (including phenoxy) is 2. The minimum atomic E-state index is -1.03. The summed E-state index contributed by atoms with van der Waals surface area (Å²) in [6, 6.07) is 48.3. The molecule has 6 aromatic carbocycles. The fourth-order valence-electron chi connectivity index (χ4n) is 17.3. The normalized spacial score (nSPS) is 21.3. The number of hydrogen-bond donors (Lipinski definition) is 6. The number of phenolic OH excluding ortho intramolecular Hbond substituents is 3. The van der Waals surface area contributed by atoms with E-state index in [1.165, 1.54) is 0 Å². The first-order valence-electron chi connectivity index (χ1n) is 41.9. The van der Waals surface area contributed by atoms with Crippen LogP contribution >= 0.6 is 0 Å². The maximum atomic E-state index is 13.4. The molecule has 0 spiro atoms. The first-order chi connectivity index (χ1) is 55.3. The van der Waals surface area contributed by atoms with Crippen LogP contribution in [0.15, 0.2) is 146 Å². The lowest BCUT2D eigenvalue weighted by Crippen LogP contribution is -2.57. The van der Waals surface area contributed by atoms with Gasteiger partial charge in [0.25, 0.3) is 17.7 Å². The number of piperidine rings is 1. The first-order valence-corrected chi connectivity index (χ1v) is 41.9. The molecule has 0 aromatic heterocycles. The highest BCUT2D eigenvalue weighted by molar-refractivity contribution is 5.95. The zero-order chi connectivity index (χ0) is 82.8. The molecule has 3 amide bonds. The predicted molar refractivity (Wildman–Crippen MR) is 448 cm³/mol. The van der Waals surface area contributed by atoms with Crippen LogP contribution in [0.5, 0.6) is 17.2 Å². The van der Waals surface area contributed by atoms with E-state index < -0.39 is 17.9 Å². The van der Waals surface area contributed by atoms with Crippen LogP contribution in [0, 0.1) is 0 Å². The number of carbonyl (C=O) groups is 6. The van der Waals surface area contributed by atoms with Crippen LogP contribution in [-0.2, 0) is 23.9 Å². The van der Waals surface area contributed by atoms with Crippen LogP contribution in [0.4, 0.5) is 0 Å². The number of rotatable bonds is 31. The minimum absolute atomic E-state index is 0.000923. The summed E-state index contributed by atoms with van der Waals surface area (Å²) >= 11 is 0. The standard InChI is InChI=1S/C31H44N4O4.C31H43N3O5.C29H41N3O5/c1-4-14-34-21-24(3)35(22-23(34)2)30(27-7-5-8-28(36)20-27)25-9-11-26(12-10-25)31(39)33-16-6-15-32(18-19-33)17-13-29(37)38;1-4-15-33-20-23(3)34(21-22(33)2)30(26-6-5-7-27(35)19-26)24-8-10-25(11-9-24)31(38)32-16-12-28(13-17-32)39-18-14-29(36)37;1-5-14-31-18-22(4)32(19-21(31)3)28(25-8-7-9-26(33)17-25)23-10-12-24(13-11-23)29(36)30(6-2)15-16-37-20-27(34)35/h5,7-12,20,23-24,30,36H,4,6,13-19,21-22H2,1-3H3,(H,37,38);5-11,19,22-23,28,30,35H,4,12-18,20-21H2,1-3H3,(H,36,37);7-13,17,21-22,28,33H,5-6,14-16,18-20H2,1-4H3,(H,34,35)/t23-,24+,30-;22-,23+,30-;21-,22+,28-/m111/s1. The van der Waals surface area contributed by atoms with Crippen molar-refractivity contribution in [3.05, 3.63) is 196 Å². The van der Waals surface area contributed by atoms with Crippen molar-refractivity contribution in [1.82, 2.24) is 49.0 Å². The Morgan fingerprint density at radius 2 is 0.809 bits per heavy atom. The van der Waals surface area contributed by atoms with E-state index in [0.29, 0.717) is 118 Å². The van der Waals surface area contributed by atoms with Crippen molar-refractivity contribution in [2.75, 3.05) is 138 Å². The van der Waals surface area contributed by atoms with Gasteiger partial charge < -0.3 is 59.7 Å². The highest BCUT2D eigenvalue weighted by Crippen LogP contribution is 2.39. The number of likely N-dealkylation sites (N-methyl/N-ethyl adjacent to an activating group) is 1. The molecule has 626 valence electrons. The van der Waals surface area contributed by atoms with Gasteiger partial charge in [0.05, 0.1) is 50.3 Å². The van der Waals surface area contributed by atoms with Crippen molar-refractivity contribution in [1.29, 1.82) is 0 Å². The molecule has 9 atom stereocenters. The Morgan fingerprint density at radius 1 is 0.417 bits per heavy atom. The Kier molecular flexibility index (Phi) is 34.9. The number of hydrogen-bond acceptors (Lipinski definition) is 18. The molecule has 24 nitrogen and oxygen atoms in total. The molecule has 0 unspecified atom stereocenters. The van der Waals surface area contributed by atoms with Gasteiger partial charge in [-0.1, -0.05) is 93.6 Å². The third-order valence-corrected chi connectivity index (χ3v) is 23.3. The second-order valence-corrected chi connectivity index (χ2v) is 32.0. The third-order valence-electron chi connectivity index (χ3n) is 23.3. The Balaban J connectivity index is 0.000000197. The first kappa shape index (κ1) is 90.1. The van der Waals surface area contributed by atoms with Crippen molar-refractivity contribution >= 4 is 35.6 Å². The lowest BCUT2D eigenvalue weighted by Gasteiger charge is -2.47. The molecule has 5 saturated heterocycles. The van der Waals surface area contributed by atoms with Gasteiger partial charge >= 0.3 is 17.9 Å². The number of nitrogens with zero attached hydrogens (tertiary/aromatic N) is 10. The van der Waals surface area contributed by atoms with Gasteiger partial charge in [0.2, 0.25) is 0 Å². The molecule has 24 heteroatoms. The SMILES string of the molecule is CCCN1C[C@H](C)N([C@H](c2ccc(C(=O)N(CC)CCOCC(=O)O)cc2)c2cccc(O)c2)C[C@H]1C.CCCN1C[C@H](C)N([C@H](c2ccc(C(=O)N3CCC(OCCC(=O)O)CC3)cc2)c2cccc(O)c2)C[C@H]1C.CCCN1C[C@H](C)N([C@H](c2ccc(C(=O)N3CCCN(CCC(=O)O)CC3)cc2)c2cccc(O)c2)C[C@H]1C. The van der Waals surface area contributed by atoms with Gasteiger partial charge in [-0.2, -0.15) is 0 Å². The maximum Gasteiger partial charge on any atom is 0.329 e. The van der Waals surface area contributed by atoms with Crippen LogP contribution < -0.4 is 0 Å². The summed E-state index contributed by atoms with van der Waals surface area (Å²) in [5.41, 5.74) is 8.29. The lowest BCUT2D eigenvalue weighted by atomic mass is 9.92. The van der Waals surface area contributed by atoms with Gasteiger partial charge in [-0.05, 0) is 219 Å². The summed E-state index contributed by atoms with van der Waals surface area (Å²) in [6.07, 6.45) is 5.79. The maximum absolute atomic E-state index is 13.4. The van der Waals surface area contributed by atoms with Gasteiger partial charge in [0.1, 0.15) is 23.9 Å². The summed E-state index contributed by atoms with van der Waals surface area (Å²) in [4.78, 5) is 94.8.